The third-order valence-corrected chi connectivity index (χ3v) is 5.65. The summed E-state index contributed by atoms with van der Waals surface area (Å²) in [6, 6.07) is 7.90. The van der Waals surface area contributed by atoms with Crippen LogP contribution in [0.2, 0.25) is 0 Å². The van der Waals surface area contributed by atoms with Crippen LogP contribution in [0.15, 0.2) is 41.7 Å². The van der Waals surface area contributed by atoms with Crippen molar-refractivity contribution in [1.82, 2.24) is 9.97 Å². The molecule has 0 aliphatic carbocycles. The second-order valence-electron chi connectivity index (χ2n) is 6.79. The van der Waals surface area contributed by atoms with Crippen LogP contribution in [0, 0.1) is 6.92 Å². The van der Waals surface area contributed by atoms with Crippen LogP contribution in [-0.4, -0.2) is 36.7 Å². The number of carbonyl (C=O) groups is 1. The number of nitrogens with one attached hydrogen (secondary N) is 2. The first kappa shape index (κ1) is 20.8. The first-order valence-corrected chi connectivity index (χ1v) is 9.99. The lowest BCUT2D eigenvalue weighted by atomic mass is 10.2. The molecule has 0 spiro atoms. The number of fused-ring (bicyclic) bond motifs is 1. The molecule has 0 aliphatic rings. The molecule has 1 atom stereocenters. The Bertz CT molecular complexity index is 1090. The summed E-state index contributed by atoms with van der Waals surface area (Å²) in [7, 11) is 3.36. The number of hydrogen-bond donors (Lipinski definition) is 2. The van der Waals surface area contributed by atoms with Crippen molar-refractivity contribution >= 4 is 27.5 Å². The Kier molecular flexibility index (Phi) is 6.46. The minimum Gasteiger partial charge on any atom is -0.490 e. The number of rotatable bonds is 8. The van der Waals surface area contributed by atoms with Gasteiger partial charge in [0.25, 0.3) is 5.56 Å². The third-order valence-electron chi connectivity index (χ3n) is 4.49. The number of methoxy groups -OCH3 is 1. The summed E-state index contributed by atoms with van der Waals surface area (Å²) in [5, 5.41) is 0.451. The molecule has 0 bridgehead atoms. The predicted octanol–water partition coefficient (Wildman–Crippen LogP) is 1.86. The summed E-state index contributed by atoms with van der Waals surface area (Å²) in [5.74, 6) is 0.940. The second kappa shape index (κ2) is 9.02. The molecule has 29 heavy (non-hydrogen) atoms. The highest BCUT2D eigenvalue weighted by molar-refractivity contribution is 7.20. The van der Waals surface area contributed by atoms with Gasteiger partial charge >= 0.3 is 5.97 Å². The van der Waals surface area contributed by atoms with E-state index in [9.17, 15) is 9.59 Å². The molecular formula is C21H24N3O4S+. The fourth-order valence-corrected chi connectivity index (χ4v) is 4.23. The number of aromatic nitrogens is 2. The Balaban J connectivity index is 1.74. The maximum absolute atomic E-state index is 12.5. The van der Waals surface area contributed by atoms with E-state index in [1.807, 2.05) is 31.3 Å². The summed E-state index contributed by atoms with van der Waals surface area (Å²) in [6.07, 6.45) is 1.71. The molecular weight excluding hydrogens is 390 g/mol. The molecule has 0 radical (unpaired) electrons. The van der Waals surface area contributed by atoms with Crippen molar-refractivity contribution in [3.63, 3.8) is 0 Å². The van der Waals surface area contributed by atoms with Crippen LogP contribution >= 0.6 is 11.3 Å². The van der Waals surface area contributed by atoms with Gasteiger partial charge in [-0.1, -0.05) is 12.7 Å². The molecule has 3 rings (SSSR count). The van der Waals surface area contributed by atoms with Crippen LogP contribution in [-0.2, 0) is 17.8 Å². The van der Waals surface area contributed by atoms with Crippen molar-refractivity contribution in [3.05, 3.63) is 69.1 Å². The van der Waals surface area contributed by atoms with Gasteiger partial charge in [-0.25, -0.2) is 9.78 Å². The maximum Gasteiger partial charge on any atom is 0.348 e. The summed E-state index contributed by atoms with van der Waals surface area (Å²) in [6.45, 7) is 7.16. The van der Waals surface area contributed by atoms with E-state index >= 15 is 0 Å². The number of aryl methyl sites for hydroxylation is 1. The van der Waals surface area contributed by atoms with E-state index in [1.54, 1.807) is 13.0 Å². The van der Waals surface area contributed by atoms with Crippen molar-refractivity contribution < 1.29 is 19.2 Å². The lowest BCUT2D eigenvalue weighted by molar-refractivity contribution is -0.908. The average Bonchev–Trinajstić information content (AvgIpc) is 3.03. The first-order chi connectivity index (χ1) is 13.9. The molecule has 0 fully saturated rings. The minimum atomic E-state index is -0.449. The number of benzene rings is 1. The molecule has 2 heterocycles. The largest absolute Gasteiger partial charge is 0.490 e. The number of esters is 1. The summed E-state index contributed by atoms with van der Waals surface area (Å²) < 4.78 is 10.3. The number of ether oxygens (including phenoxy) is 2. The number of quaternary nitrogens is 1. The van der Waals surface area contributed by atoms with Crippen LogP contribution in [0.1, 0.15) is 26.6 Å². The third kappa shape index (κ3) is 4.72. The average molecular weight is 415 g/mol. The zero-order valence-corrected chi connectivity index (χ0v) is 17.5. The molecule has 8 heteroatoms. The molecule has 1 aromatic carbocycles. The highest BCUT2D eigenvalue weighted by Crippen LogP contribution is 2.27. The van der Waals surface area contributed by atoms with Gasteiger partial charge in [0.15, 0.2) is 5.82 Å². The van der Waals surface area contributed by atoms with Crippen molar-refractivity contribution in [2.45, 2.75) is 20.0 Å². The Hall–Kier alpha value is -2.97. The van der Waals surface area contributed by atoms with Crippen LogP contribution in [0.25, 0.3) is 10.2 Å². The molecule has 2 aromatic heterocycles. The monoisotopic (exact) mass is 414 g/mol. The van der Waals surface area contributed by atoms with Crippen LogP contribution in [0.3, 0.4) is 0 Å². The van der Waals surface area contributed by atoms with Gasteiger partial charge in [0.1, 0.15) is 35.2 Å². The van der Waals surface area contributed by atoms with Gasteiger partial charge in [0.2, 0.25) is 0 Å². The van der Waals surface area contributed by atoms with Gasteiger partial charge in [-0.05, 0) is 36.8 Å². The summed E-state index contributed by atoms with van der Waals surface area (Å²) in [4.78, 5) is 34.0. The molecule has 0 amide bonds. The standard InChI is InChI=1S/C21H23N3O4S/c1-5-10-28-15-8-6-14(7-9-15)11-24(3)12-16-22-19(25)17-13(2)18(21(26)27-4)29-20(17)23-16/h5-9H,1,10-12H2,2-4H3,(H,22,23,25)/p+1. The number of aromatic amines is 1. The van der Waals surface area contributed by atoms with Crippen molar-refractivity contribution in [2.24, 2.45) is 0 Å². The van der Waals surface area contributed by atoms with E-state index in [4.69, 9.17) is 9.47 Å². The molecule has 2 N–H and O–H groups in total. The summed E-state index contributed by atoms with van der Waals surface area (Å²) in [5.41, 5.74) is 1.53. The topological polar surface area (TPSA) is 85.7 Å². The molecule has 0 saturated carbocycles. The van der Waals surface area contributed by atoms with Gasteiger partial charge in [0, 0.05) is 5.56 Å². The number of H-pyrrole nitrogens is 1. The van der Waals surface area contributed by atoms with E-state index in [0.717, 1.165) is 22.8 Å². The Morgan fingerprint density at radius 2 is 2.03 bits per heavy atom. The molecule has 152 valence electrons. The Labute approximate surface area is 172 Å². The van der Waals surface area contributed by atoms with Gasteiger partial charge < -0.3 is 19.4 Å². The lowest BCUT2D eigenvalue weighted by Crippen LogP contribution is -3.06. The molecule has 7 nitrogen and oxygen atoms in total. The highest BCUT2D eigenvalue weighted by Gasteiger charge is 2.20. The van der Waals surface area contributed by atoms with E-state index in [1.165, 1.54) is 18.4 Å². The molecule has 0 saturated heterocycles. The van der Waals surface area contributed by atoms with Gasteiger partial charge in [-0.15, -0.1) is 11.3 Å². The van der Waals surface area contributed by atoms with Gasteiger partial charge in [-0.2, -0.15) is 0 Å². The number of hydrogen-bond acceptors (Lipinski definition) is 6. The lowest BCUT2D eigenvalue weighted by Gasteiger charge is -2.14. The highest BCUT2D eigenvalue weighted by atomic mass is 32.1. The zero-order chi connectivity index (χ0) is 21.0. The van der Waals surface area contributed by atoms with Crippen molar-refractivity contribution in [1.29, 1.82) is 0 Å². The van der Waals surface area contributed by atoms with Gasteiger partial charge in [0.05, 0.1) is 19.5 Å². The zero-order valence-electron chi connectivity index (χ0n) is 16.7. The number of carbonyl (C=O) groups excluding carboxylic acids is 1. The first-order valence-electron chi connectivity index (χ1n) is 9.17. The van der Waals surface area contributed by atoms with E-state index in [-0.39, 0.29) is 5.56 Å². The fraction of sp³-hybridized carbons (Fsp3) is 0.286. The Morgan fingerprint density at radius 1 is 1.31 bits per heavy atom. The van der Waals surface area contributed by atoms with E-state index < -0.39 is 5.97 Å². The quantitative estimate of drug-likeness (QED) is 0.434. The summed E-state index contributed by atoms with van der Waals surface area (Å²) >= 11 is 1.19. The molecule has 1 unspecified atom stereocenters. The molecule has 3 aromatic rings. The van der Waals surface area contributed by atoms with Crippen LogP contribution in [0.5, 0.6) is 5.75 Å². The number of nitrogens with zero attached hydrogens (tertiary/aromatic N) is 1. The smallest absolute Gasteiger partial charge is 0.348 e. The van der Waals surface area contributed by atoms with Gasteiger partial charge in [-0.3, -0.25) is 4.79 Å². The van der Waals surface area contributed by atoms with E-state index in [0.29, 0.717) is 39.6 Å². The predicted molar refractivity (Wildman–Crippen MR) is 113 cm³/mol. The normalized spacial score (nSPS) is 12.0. The SMILES string of the molecule is C=CCOc1ccc(C[NH+](C)Cc2nc3sc(C(=O)OC)c(C)c3c(=O)[nH]2)cc1. The minimum absolute atomic E-state index is 0.231. The fourth-order valence-electron chi connectivity index (χ4n) is 3.12. The maximum atomic E-state index is 12.5. The van der Waals surface area contributed by atoms with Crippen molar-refractivity contribution in [3.8, 4) is 5.75 Å². The van der Waals surface area contributed by atoms with E-state index in [2.05, 4.69) is 16.5 Å². The Morgan fingerprint density at radius 3 is 2.69 bits per heavy atom. The van der Waals surface area contributed by atoms with Crippen LogP contribution in [0.4, 0.5) is 0 Å². The molecule has 0 aliphatic heterocycles. The van der Waals surface area contributed by atoms with Crippen LogP contribution < -0.4 is 15.2 Å². The number of thiophene rings is 1. The second-order valence-corrected chi connectivity index (χ2v) is 7.79. The van der Waals surface area contributed by atoms with Crippen molar-refractivity contribution in [2.75, 3.05) is 20.8 Å².